The molecule has 1 heterocycles. The fourth-order valence-corrected chi connectivity index (χ4v) is 1.35. The molecule has 16 heavy (non-hydrogen) atoms. The molecule has 0 saturated carbocycles. The van der Waals surface area contributed by atoms with Crippen molar-refractivity contribution in [3.05, 3.63) is 29.6 Å². The van der Waals surface area contributed by atoms with Gasteiger partial charge in [-0.3, -0.25) is 9.78 Å². The number of hydrogen-bond donors (Lipinski definition) is 1. The molecule has 4 heteroatoms. The van der Waals surface area contributed by atoms with Gasteiger partial charge in [-0.2, -0.15) is 0 Å². The molecule has 88 valence electrons. The van der Waals surface area contributed by atoms with Gasteiger partial charge in [0.1, 0.15) is 0 Å². The average Bonchev–Trinajstić information content (AvgIpc) is 2.27. The molecule has 0 bridgehead atoms. The number of aryl methyl sites for hydroxylation is 1. The van der Waals surface area contributed by atoms with E-state index in [9.17, 15) is 4.79 Å². The lowest BCUT2D eigenvalue weighted by molar-refractivity contribution is -0.142. The van der Waals surface area contributed by atoms with Crippen LogP contribution in [0.2, 0.25) is 0 Å². The largest absolute Gasteiger partial charge is 0.466 e. The highest BCUT2D eigenvalue weighted by Crippen LogP contribution is 2.03. The SMILES string of the molecule is CCOC(=O)CCNCc1ccncc1C. The number of hydrogen-bond acceptors (Lipinski definition) is 4. The Labute approximate surface area is 96.0 Å². The minimum absolute atomic E-state index is 0.151. The van der Waals surface area contributed by atoms with Crippen LogP contribution in [0.15, 0.2) is 18.5 Å². The zero-order valence-electron chi connectivity index (χ0n) is 9.82. The third-order valence-corrected chi connectivity index (χ3v) is 2.26. The molecule has 0 aliphatic heterocycles. The molecule has 1 aromatic rings. The highest BCUT2D eigenvalue weighted by atomic mass is 16.5. The summed E-state index contributed by atoms with van der Waals surface area (Å²) in [5, 5.41) is 3.20. The summed E-state index contributed by atoms with van der Waals surface area (Å²) in [7, 11) is 0. The summed E-state index contributed by atoms with van der Waals surface area (Å²) in [5.41, 5.74) is 2.37. The van der Waals surface area contributed by atoms with Gasteiger partial charge in [0, 0.05) is 25.5 Å². The minimum Gasteiger partial charge on any atom is -0.466 e. The highest BCUT2D eigenvalue weighted by molar-refractivity contribution is 5.69. The number of aromatic nitrogens is 1. The van der Waals surface area contributed by atoms with Crippen molar-refractivity contribution >= 4 is 5.97 Å². The van der Waals surface area contributed by atoms with Gasteiger partial charge in [-0.05, 0) is 31.0 Å². The van der Waals surface area contributed by atoms with E-state index >= 15 is 0 Å². The number of esters is 1. The van der Waals surface area contributed by atoms with Crippen LogP contribution in [0, 0.1) is 6.92 Å². The maximum absolute atomic E-state index is 11.0. The molecule has 0 fully saturated rings. The van der Waals surface area contributed by atoms with Crippen LogP contribution in [0.25, 0.3) is 0 Å². The van der Waals surface area contributed by atoms with Crippen LogP contribution >= 0.6 is 0 Å². The third kappa shape index (κ3) is 4.40. The van der Waals surface area contributed by atoms with Gasteiger partial charge in [0.15, 0.2) is 0 Å². The lowest BCUT2D eigenvalue weighted by Crippen LogP contribution is -2.19. The Bertz CT molecular complexity index is 340. The monoisotopic (exact) mass is 222 g/mol. The minimum atomic E-state index is -0.151. The lowest BCUT2D eigenvalue weighted by atomic mass is 10.1. The second-order valence-corrected chi connectivity index (χ2v) is 3.53. The zero-order chi connectivity index (χ0) is 11.8. The zero-order valence-corrected chi connectivity index (χ0v) is 9.82. The van der Waals surface area contributed by atoms with Gasteiger partial charge < -0.3 is 10.1 Å². The fourth-order valence-electron chi connectivity index (χ4n) is 1.35. The molecule has 0 unspecified atom stereocenters. The predicted octanol–water partition coefficient (Wildman–Crippen LogP) is 1.43. The van der Waals surface area contributed by atoms with Gasteiger partial charge in [-0.15, -0.1) is 0 Å². The summed E-state index contributed by atoms with van der Waals surface area (Å²) >= 11 is 0. The second kappa shape index (κ2) is 6.95. The van der Waals surface area contributed by atoms with Crippen LogP contribution in [0.5, 0.6) is 0 Å². The maximum atomic E-state index is 11.0. The number of pyridine rings is 1. The van der Waals surface area contributed by atoms with Gasteiger partial charge in [0.2, 0.25) is 0 Å². The van der Waals surface area contributed by atoms with Crippen molar-refractivity contribution in [2.45, 2.75) is 26.8 Å². The molecule has 1 aromatic heterocycles. The number of rotatable bonds is 6. The smallest absolute Gasteiger partial charge is 0.307 e. The summed E-state index contributed by atoms with van der Waals surface area (Å²) in [6, 6.07) is 1.98. The first-order valence-electron chi connectivity index (χ1n) is 5.50. The van der Waals surface area contributed by atoms with Crippen molar-refractivity contribution in [3.63, 3.8) is 0 Å². The number of nitrogens with one attached hydrogen (secondary N) is 1. The summed E-state index contributed by atoms with van der Waals surface area (Å²) in [6.45, 7) is 5.68. The van der Waals surface area contributed by atoms with Crippen molar-refractivity contribution in [1.29, 1.82) is 0 Å². The molecule has 0 aromatic carbocycles. The van der Waals surface area contributed by atoms with Crippen LogP contribution in [-0.4, -0.2) is 24.1 Å². The van der Waals surface area contributed by atoms with E-state index in [1.807, 2.05) is 26.1 Å². The molecule has 1 N–H and O–H groups in total. The van der Waals surface area contributed by atoms with Crippen LogP contribution in [0.3, 0.4) is 0 Å². The Kier molecular flexibility index (Phi) is 5.50. The number of nitrogens with zero attached hydrogens (tertiary/aromatic N) is 1. The van der Waals surface area contributed by atoms with Gasteiger partial charge in [-0.1, -0.05) is 0 Å². The van der Waals surface area contributed by atoms with Gasteiger partial charge in [-0.25, -0.2) is 0 Å². The molecule has 0 saturated heterocycles. The molecular formula is C12H18N2O2. The first kappa shape index (κ1) is 12.6. The van der Waals surface area contributed by atoms with E-state index in [4.69, 9.17) is 4.74 Å². The molecule has 0 spiro atoms. The molecule has 0 amide bonds. The predicted molar refractivity (Wildman–Crippen MR) is 61.9 cm³/mol. The Morgan fingerprint density at radius 1 is 1.56 bits per heavy atom. The van der Waals surface area contributed by atoms with E-state index in [0.29, 0.717) is 19.6 Å². The topological polar surface area (TPSA) is 51.2 Å². The average molecular weight is 222 g/mol. The first-order valence-corrected chi connectivity index (χ1v) is 5.50. The van der Waals surface area contributed by atoms with Crippen LogP contribution in [-0.2, 0) is 16.1 Å². The molecule has 0 aliphatic carbocycles. The Morgan fingerprint density at radius 3 is 3.06 bits per heavy atom. The summed E-state index contributed by atoms with van der Waals surface area (Å²) in [4.78, 5) is 15.1. The van der Waals surface area contributed by atoms with E-state index in [0.717, 1.165) is 12.1 Å². The van der Waals surface area contributed by atoms with E-state index in [1.54, 1.807) is 6.20 Å². The van der Waals surface area contributed by atoms with Gasteiger partial charge in [0.05, 0.1) is 13.0 Å². The van der Waals surface area contributed by atoms with E-state index in [1.165, 1.54) is 5.56 Å². The van der Waals surface area contributed by atoms with Gasteiger partial charge in [0.25, 0.3) is 0 Å². The number of ether oxygens (including phenoxy) is 1. The fraction of sp³-hybridized carbons (Fsp3) is 0.500. The van der Waals surface area contributed by atoms with Crippen molar-refractivity contribution < 1.29 is 9.53 Å². The van der Waals surface area contributed by atoms with Crippen molar-refractivity contribution in [2.75, 3.05) is 13.2 Å². The normalized spacial score (nSPS) is 10.1. The number of carbonyl (C=O) groups excluding carboxylic acids is 1. The Hall–Kier alpha value is -1.42. The Balaban J connectivity index is 2.21. The molecule has 4 nitrogen and oxygen atoms in total. The molecule has 1 rings (SSSR count). The van der Waals surface area contributed by atoms with Crippen molar-refractivity contribution in [3.8, 4) is 0 Å². The second-order valence-electron chi connectivity index (χ2n) is 3.53. The summed E-state index contributed by atoms with van der Waals surface area (Å²) in [6.07, 6.45) is 4.02. The molecule has 0 atom stereocenters. The summed E-state index contributed by atoms with van der Waals surface area (Å²) < 4.78 is 4.83. The van der Waals surface area contributed by atoms with Gasteiger partial charge >= 0.3 is 5.97 Å². The standard InChI is InChI=1S/C12H18N2O2/c1-3-16-12(15)5-7-14-9-11-4-6-13-8-10(11)2/h4,6,8,14H,3,5,7,9H2,1-2H3. The lowest BCUT2D eigenvalue weighted by Gasteiger charge is -2.06. The molecule has 0 radical (unpaired) electrons. The highest BCUT2D eigenvalue weighted by Gasteiger charge is 2.01. The maximum Gasteiger partial charge on any atom is 0.307 e. The quantitative estimate of drug-likeness (QED) is 0.584. The van der Waals surface area contributed by atoms with E-state index in [2.05, 4.69) is 10.3 Å². The third-order valence-electron chi connectivity index (χ3n) is 2.26. The number of carbonyl (C=O) groups is 1. The molecule has 0 aliphatic rings. The van der Waals surface area contributed by atoms with Crippen LogP contribution in [0.4, 0.5) is 0 Å². The molecular weight excluding hydrogens is 204 g/mol. The first-order chi connectivity index (χ1) is 7.74. The van der Waals surface area contributed by atoms with E-state index < -0.39 is 0 Å². The Morgan fingerprint density at radius 2 is 2.38 bits per heavy atom. The van der Waals surface area contributed by atoms with Crippen molar-refractivity contribution in [2.24, 2.45) is 0 Å². The van der Waals surface area contributed by atoms with E-state index in [-0.39, 0.29) is 5.97 Å². The van der Waals surface area contributed by atoms with Crippen LogP contribution < -0.4 is 5.32 Å². The summed E-state index contributed by atoms with van der Waals surface area (Å²) in [5.74, 6) is -0.151. The van der Waals surface area contributed by atoms with Crippen molar-refractivity contribution in [1.82, 2.24) is 10.3 Å². The van der Waals surface area contributed by atoms with Crippen LogP contribution in [0.1, 0.15) is 24.5 Å².